The Hall–Kier alpha value is -3.00. The van der Waals surface area contributed by atoms with E-state index in [-0.39, 0.29) is 36.8 Å². The Morgan fingerprint density at radius 2 is 1.71 bits per heavy atom. The molecular formula is C27H30N2O5S. The molecule has 5 rings (SSSR count). The summed E-state index contributed by atoms with van der Waals surface area (Å²) in [5.74, 6) is 0.0784. The van der Waals surface area contributed by atoms with Crippen LogP contribution in [0.25, 0.3) is 11.1 Å². The van der Waals surface area contributed by atoms with Crippen LogP contribution in [0, 0.1) is 5.92 Å². The lowest BCUT2D eigenvalue weighted by Crippen LogP contribution is -2.51. The summed E-state index contributed by atoms with van der Waals surface area (Å²) in [5, 5.41) is 12.5. The molecule has 0 radical (unpaired) electrons. The molecule has 1 unspecified atom stereocenters. The second-order valence-corrected chi connectivity index (χ2v) is 10.6. The molecule has 0 spiro atoms. The third-order valence-electron chi connectivity index (χ3n) is 7.48. The molecule has 2 aromatic rings. The molecule has 8 heteroatoms. The number of carbonyl (C=O) groups is 3. The van der Waals surface area contributed by atoms with Crippen LogP contribution in [0.15, 0.2) is 48.5 Å². The number of carbonyl (C=O) groups excluding carboxylic acids is 2. The van der Waals surface area contributed by atoms with Crippen LogP contribution in [0.5, 0.6) is 0 Å². The van der Waals surface area contributed by atoms with Crippen molar-refractivity contribution in [3.05, 3.63) is 59.7 Å². The molecule has 35 heavy (non-hydrogen) atoms. The first-order valence-corrected chi connectivity index (χ1v) is 13.4. The van der Waals surface area contributed by atoms with Crippen molar-refractivity contribution in [3.63, 3.8) is 0 Å². The molecule has 2 amide bonds. The number of fused-ring (bicyclic) bond motifs is 3. The van der Waals surface area contributed by atoms with Crippen LogP contribution >= 0.6 is 11.8 Å². The van der Waals surface area contributed by atoms with Gasteiger partial charge < -0.3 is 20.1 Å². The van der Waals surface area contributed by atoms with E-state index >= 15 is 0 Å². The quantitative estimate of drug-likeness (QED) is 0.628. The lowest BCUT2D eigenvalue weighted by molar-refractivity contribution is -0.149. The van der Waals surface area contributed by atoms with Gasteiger partial charge in [-0.3, -0.25) is 4.79 Å². The highest BCUT2D eigenvalue weighted by Gasteiger charge is 2.37. The van der Waals surface area contributed by atoms with Gasteiger partial charge in [-0.2, -0.15) is 11.8 Å². The number of hydrogen-bond acceptors (Lipinski definition) is 5. The third-order valence-corrected chi connectivity index (χ3v) is 8.50. The summed E-state index contributed by atoms with van der Waals surface area (Å²) >= 11 is 1.56. The Kier molecular flexibility index (Phi) is 7.00. The number of alkyl carbamates (subject to hydrolysis) is 1. The molecule has 3 aliphatic rings. The summed E-state index contributed by atoms with van der Waals surface area (Å²) in [6.45, 7) is 0.708. The smallest absolute Gasteiger partial charge is 0.407 e. The van der Waals surface area contributed by atoms with Crippen molar-refractivity contribution in [2.75, 3.05) is 24.7 Å². The molecule has 2 aromatic carbocycles. The van der Waals surface area contributed by atoms with E-state index in [1.54, 1.807) is 11.8 Å². The van der Waals surface area contributed by atoms with Gasteiger partial charge in [-0.25, -0.2) is 9.59 Å². The predicted molar refractivity (Wildman–Crippen MR) is 134 cm³/mol. The lowest BCUT2D eigenvalue weighted by Gasteiger charge is -2.34. The molecule has 3 atom stereocenters. The normalized spacial score (nSPS) is 23.4. The highest BCUT2D eigenvalue weighted by Crippen LogP contribution is 2.44. The van der Waals surface area contributed by atoms with Crippen LogP contribution in [0.3, 0.4) is 0 Å². The largest absolute Gasteiger partial charge is 0.480 e. The van der Waals surface area contributed by atoms with E-state index in [2.05, 4.69) is 29.6 Å². The molecule has 2 fully saturated rings. The maximum atomic E-state index is 12.9. The second-order valence-electron chi connectivity index (χ2n) is 9.49. The van der Waals surface area contributed by atoms with Crippen LogP contribution in [0.4, 0.5) is 4.79 Å². The summed E-state index contributed by atoms with van der Waals surface area (Å²) in [7, 11) is 0. The minimum atomic E-state index is -0.953. The highest BCUT2D eigenvalue weighted by molar-refractivity contribution is 7.99. The number of nitrogens with zero attached hydrogens (tertiary/aromatic N) is 1. The van der Waals surface area contributed by atoms with E-state index in [1.807, 2.05) is 24.3 Å². The van der Waals surface area contributed by atoms with Crippen LogP contribution < -0.4 is 5.32 Å². The van der Waals surface area contributed by atoms with E-state index in [0.29, 0.717) is 12.3 Å². The maximum Gasteiger partial charge on any atom is 0.407 e. The Labute approximate surface area is 209 Å². The third kappa shape index (κ3) is 4.89. The Morgan fingerprint density at radius 1 is 1.03 bits per heavy atom. The maximum absolute atomic E-state index is 12.9. The second kappa shape index (κ2) is 10.3. The zero-order valence-electron chi connectivity index (χ0n) is 19.5. The van der Waals surface area contributed by atoms with Gasteiger partial charge in [0, 0.05) is 36.4 Å². The van der Waals surface area contributed by atoms with E-state index in [0.717, 1.165) is 25.0 Å². The number of aliphatic carboxylic acids is 1. The van der Waals surface area contributed by atoms with Crippen molar-refractivity contribution in [2.45, 2.75) is 43.7 Å². The summed E-state index contributed by atoms with van der Waals surface area (Å²) in [5.41, 5.74) is 4.70. The van der Waals surface area contributed by atoms with Crippen molar-refractivity contribution >= 4 is 29.7 Å². The first-order chi connectivity index (χ1) is 17.0. The molecular weight excluding hydrogens is 464 g/mol. The van der Waals surface area contributed by atoms with Gasteiger partial charge in [0.15, 0.2) is 0 Å². The summed E-state index contributed by atoms with van der Waals surface area (Å²) in [6.07, 6.45) is 2.34. The number of thioether (sulfide) groups is 1. The van der Waals surface area contributed by atoms with Crippen LogP contribution in [-0.2, 0) is 14.3 Å². The number of rotatable bonds is 6. The van der Waals surface area contributed by atoms with Gasteiger partial charge in [-0.15, -0.1) is 0 Å². The lowest BCUT2D eigenvalue weighted by atomic mass is 9.98. The number of carboxylic acid groups (broad SMARTS) is 1. The number of amides is 2. The van der Waals surface area contributed by atoms with Gasteiger partial charge in [-0.05, 0) is 41.0 Å². The van der Waals surface area contributed by atoms with Crippen LogP contribution in [0.1, 0.15) is 42.7 Å². The predicted octanol–water partition coefficient (Wildman–Crippen LogP) is 4.11. The van der Waals surface area contributed by atoms with Gasteiger partial charge in [0.2, 0.25) is 5.91 Å². The Balaban J connectivity index is 1.18. The molecule has 2 aliphatic carbocycles. The first kappa shape index (κ1) is 23.7. The van der Waals surface area contributed by atoms with Gasteiger partial charge in [-0.1, -0.05) is 55.0 Å². The molecule has 7 nitrogen and oxygen atoms in total. The minimum absolute atomic E-state index is 0.000902. The number of hydrogen-bond donors (Lipinski definition) is 2. The summed E-state index contributed by atoms with van der Waals surface area (Å²) in [4.78, 5) is 38.8. The fourth-order valence-corrected chi connectivity index (χ4v) is 6.75. The minimum Gasteiger partial charge on any atom is -0.480 e. The standard InChI is InChI=1S/C27H30N2O5S/c30-25(29-12-13-35-16-24(29)26(31)32)14-17-6-5-11-23(17)28-27(33)34-15-22-20-9-3-1-7-18(20)19-8-2-4-10-21(19)22/h1-4,7-10,17,22-24H,5-6,11-16H2,(H,28,33)(H,31,32)/t17-,23+,24?/m0/s1. The van der Waals surface area contributed by atoms with Crippen molar-refractivity contribution < 1.29 is 24.2 Å². The monoisotopic (exact) mass is 494 g/mol. The molecule has 1 saturated carbocycles. The van der Waals surface area contributed by atoms with Gasteiger partial charge in [0.05, 0.1) is 0 Å². The number of ether oxygens (including phenoxy) is 1. The molecule has 1 aliphatic heterocycles. The van der Waals surface area contributed by atoms with Crippen molar-refractivity contribution in [1.82, 2.24) is 10.2 Å². The molecule has 184 valence electrons. The highest BCUT2D eigenvalue weighted by atomic mass is 32.2. The first-order valence-electron chi connectivity index (χ1n) is 12.2. The SMILES string of the molecule is O=C(N[C@@H]1CCC[C@H]1CC(=O)N1CCSCC1C(=O)O)OCC1c2ccccc2-c2ccccc21. The van der Waals surface area contributed by atoms with Gasteiger partial charge in [0.25, 0.3) is 0 Å². The summed E-state index contributed by atoms with van der Waals surface area (Å²) < 4.78 is 5.69. The fraction of sp³-hybridized carbons (Fsp3) is 0.444. The molecule has 2 N–H and O–H groups in total. The van der Waals surface area contributed by atoms with Crippen LogP contribution in [-0.4, -0.2) is 64.7 Å². The Bertz CT molecular complexity index is 1080. The van der Waals surface area contributed by atoms with Crippen molar-refractivity contribution in [2.24, 2.45) is 5.92 Å². The van der Waals surface area contributed by atoms with E-state index in [4.69, 9.17) is 4.74 Å². The van der Waals surface area contributed by atoms with Gasteiger partial charge >= 0.3 is 12.1 Å². The molecule has 0 bridgehead atoms. The van der Waals surface area contributed by atoms with E-state index in [1.165, 1.54) is 27.2 Å². The fourth-order valence-electron chi connectivity index (χ4n) is 5.71. The van der Waals surface area contributed by atoms with Crippen molar-refractivity contribution in [3.8, 4) is 11.1 Å². The molecule has 0 aromatic heterocycles. The number of benzene rings is 2. The Morgan fingerprint density at radius 3 is 2.40 bits per heavy atom. The van der Waals surface area contributed by atoms with Crippen LogP contribution in [0.2, 0.25) is 0 Å². The zero-order valence-corrected chi connectivity index (χ0v) is 20.3. The van der Waals surface area contributed by atoms with E-state index < -0.39 is 18.1 Å². The average Bonchev–Trinajstić information content (AvgIpc) is 3.44. The van der Waals surface area contributed by atoms with E-state index in [9.17, 15) is 19.5 Å². The molecule has 1 heterocycles. The topological polar surface area (TPSA) is 95.9 Å². The summed E-state index contributed by atoms with van der Waals surface area (Å²) in [6, 6.07) is 15.5. The number of nitrogens with one attached hydrogen (secondary N) is 1. The van der Waals surface area contributed by atoms with Crippen molar-refractivity contribution in [1.29, 1.82) is 0 Å². The zero-order chi connectivity index (χ0) is 24.4. The average molecular weight is 495 g/mol. The van der Waals surface area contributed by atoms with Gasteiger partial charge in [0.1, 0.15) is 12.6 Å². The number of carboxylic acids is 1. The molecule has 1 saturated heterocycles.